The minimum absolute atomic E-state index is 0.0280. The quantitative estimate of drug-likeness (QED) is 0.684. The molecule has 0 aliphatic heterocycles. The fourth-order valence-electron chi connectivity index (χ4n) is 1.28. The van der Waals surface area contributed by atoms with Gasteiger partial charge in [-0.1, -0.05) is 0 Å². The SMILES string of the molecule is CCOC(=O)c1c(C#N)ccc(SC(F)(F)F)c1O. The average Bonchev–Trinajstić information content (AvgIpc) is 2.30. The van der Waals surface area contributed by atoms with Crippen molar-refractivity contribution < 1.29 is 27.8 Å². The molecule has 1 aromatic rings. The highest BCUT2D eigenvalue weighted by Crippen LogP contribution is 2.43. The van der Waals surface area contributed by atoms with Crippen LogP contribution in [0.4, 0.5) is 13.2 Å². The van der Waals surface area contributed by atoms with Crippen LogP contribution in [0, 0.1) is 11.3 Å². The van der Waals surface area contributed by atoms with E-state index in [1.165, 1.54) is 6.92 Å². The van der Waals surface area contributed by atoms with Gasteiger partial charge in [0, 0.05) is 0 Å². The van der Waals surface area contributed by atoms with Crippen LogP contribution in [0.1, 0.15) is 22.8 Å². The molecule has 0 aliphatic rings. The Kier molecular flexibility index (Phi) is 4.67. The van der Waals surface area contributed by atoms with E-state index in [-0.39, 0.29) is 12.2 Å². The Morgan fingerprint density at radius 1 is 1.53 bits per heavy atom. The first-order valence-corrected chi connectivity index (χ1v) is 5.80. The van der Waals surface area contributed by atoms with Gasteiger partial charge in [-0.15, -0.1) is 0 Å². The molecule has 0 atom stereocenters. The highest BCUT2D eigenvalue weighted by atomic mass is 32.2. The van der Waals surface area contributed by atoms with Crippen molar-refractivity contribution in [1.82, 2.24) is 0 Å². The number of halogens is 3. The lowest BCUT2D eigenvalue weighted by Crippen LogP contribution is -2.08. The minimum Gasteiger partial charge on any atom is -0.506 e. The van der Waals surface area contributed by atoms with E-state index >= 15 is 0 Å². The number of nitriles is 1. The van der Waals surface area contributed by atoms with Crippen LogP contribution in [0.15, 0.2) is 17.0 Å². The minimum atomic E-state index is -4.61. The normalized spacial score (nSPS) is 10.9. The molecule has 0 heterocycles. The summed E-state index contributed by atoms with van der Waals surface area (Å²) in [6.07, 6.45) is 0. The van der Waals surface area contributed by atoms with Crippen molar-refractivity contribution in [3.05, 3.63) is 23.3 Å². The first-order valence-electron chi connectivity index (χ1n) is 4.99. The second kappa shape index (κ2) is 5.84. The maximum atomic E-state index is 12.3. The molecule has 0 amide bonds. The molecule has 0 saturated carbocycles. The molecular weight excluding hydrogens is 283 g/mol. The average molecular weight is 291 g/mol. The van der Waals surface area contributed by atoms with Gasteiger partial charge in [0.25, 0.3) is 0 Å². The van der Waals surface area contributed by atoms with E-state index in [1.54, 1.807) is 6.07 Å². The zero-order chi connectivity index (χ0) is 14.6. The van der Waals surface area contributed by atoms with Crippen LogP contribution in [0.2, 0.25) is 0 Å². The lowest BCUT2D eigenvalue weighted by atomic mass is 10.1. The predicted molar refractivity (Wildman–Crippen MR) is 60.7 cm³/mol. The number of carbonyl (C=O) groups is 1. The van der Waals surface area contributed by atoms with Gasteiger partial charge in [-0.2, -0.15) is 18.4 Å². The molecule has 0 bridgehead atoms. The van der Waals surface area contributed by atoms with E-state index < -0.39 is 39.4 Å². The van der Waals surface area contributed by atoms with Gasteiger partial charge in [0.15, 0.2) is 0 Å². The number of esters is 1. The summed E-state index contributed by atoms with van der Waals surface area (Å²) in [5.74, 6) is -1.94. The molecular formula is C11H8F3NO3S. The van der Waals surface area contributed by atoms with E-state index in [9.17, 15) is 23.1 Å². The lowest BCUT2D eigenvalue weighted by Gasteiger charge is -2.11. The lowest BCUT2D eigenvalue weighted by molar-refractivity contribution is -0.0329. The van der Waals surface area contributed by atoms with Crippen molar-refractivity contribution in [2.75, 3.05) is 6.61 Å². The number of aromatic hydroxyl groups is 1. The van der Waals surface area contributed by atoms with Gasteiger partial charge in [0.05, 0.1) is 17.1 Å². The third-order valence-electron chi connectivity index (χ3n) is 1.97. The van der Waals surface area contributed by atoms with Crippen LogP contribution >= 0.6 is 11.8 Å². The third-order valence-corrected chi connectivity index (χ3v) is 2.75. The summed E-state index contributed by atoms with van der Waals surface area (Å²) in [5, 5.41) is 18.5. The fraction of sp³-hybridized carbons (Fsp3) is 0.273. The second-order valence-corrected chi connectivity index (χ2v) is 4.32. The summed E-state index contributed by atoms with van der Waals surface area (Å²) < 4.78 is 41.4. The third kappa shape index (κ3) is 3.79. The molecule has 0 spiro atoms. The maximum Gasteiger partial charge on any atom is 0.446 e. The number of nitrogens with zero attached hydrogens (tertiary/aromatic N) is 1. The topological polar surface area (TPSA) is 70.3 Å². The summed E-state index contributed by atoms with van der Waals surface area (Å²) in [6, 6.07) is 3.57. The Hall–Kier alpha value is -1.88. The van der Waals surface area contributed by atoms with Gasteiger partial charge < -0.3 is 9.84 Å². The van der Waals surface area contributed by atoms with Crippen molar-refractivity contribution in [3.63, 3.8) is 0 Å². The van der Waals surface area contributed by atoms with Crippen molar-refractivity contribution >= 4 is 17.7 Å². The summed E-state index contributed by atoms with van der Waals surface area (Å²) in [4.78, 5) is 11.0. The Bertz CT molecular complexity index is 537. The summed E-state index contributed by atoms with van der Waals surface area (Å²) in [6.45, 7) is 1.47. The second-order valence-electron chi connectivity index (χ2n) is 3.21. The number of benzene rings is 1. The summed E-state index contributed by atoms with van der Waals surface area (Å²) >= 11 is -0.571. The number of rotatable bonds is 3. The number of alkyl halides is 3. The number of hydrogen-bond donors (Lipinski definition) is 1. The molecule has 1 aromatic carbocycles. The summed E-state index contributed by atoms with van der Waals surface area (Å²) in [7, 11) is 0. The van der Waals surface area contributed by atoms with E-state index in [1.807, 2.05) is 0 Å². The van der Waals surface area contributed by atoms with Crippen LogP contribution in [0.3, 0.4) is 0 Å². The standard InChI is InChI=1S/C11H8F3NO3S/c1-2-18-10(17)8-6(5-15)3-4-7(9(8)16)19-11(12,13)14/h3-4,16H,2H2,1H3. The molecule has 0 fully saturated rings. The number of ether oxygens (including phenoxy) is 1. The monoisotopic (exact) mass is 291 g/mol. The van der Waals surface area contributed by atoms with Gasteiger partial charge in [0.1, 0.15) is 17.4 Å². The van der Waals surface area contributed by atoms with Gasteiger partial charge in [-0.3, -0.25) is 0 Å². The van der Waals surface area contributed by atoms with Gasteiger partial charge in [-0.05, 0) is 30.8 Å². The number of phenols is 1. The first-order chi connectivity index (χ1) is 8.80. The molecule has 0 unspecified atom stereocenters. The highest BCUT2D eigenvalue weighted by Gasteiger charge is 2.32. The molecule has 0 saturated heterocycles. The number of thioether (sulfide) groups is 1. The Morgan fingerprint density at radius 3 is 2.63 bits per heavy atom. The van der Waals surface area contributed by atoms with Crippen LogP contribution < -0.4 is 0 Å². The van der Waals surface area contributed by atoms with E-state index in [2.05, 4.69) is 4.74 Å². The Balaban J connectivity index is 3.31. The van der Waals surface area contributed by atoms with Crippen molar-refractivity contribution in [1.29, 1.82) is 5.26 Å². The number of hydrogen-bond acceptors (Lipinski definition) is 5. The van der Waals surface area contributed by atoms with E-state index in [4.69, 9.17) is 5.26 Å². The molecule has 4 nitrogen and oxygen atoms in total. The fourth-order valence-corrected chi connectivity index (χ4v) is 1.87. The van der Waals surface area contributed by atoms with Gasteiger partial charge in [-0.25, -0.2) is 4.79 Å². The van der Waals surface area contributed by atoms with Crippen LogP contribution in [-0.2, 0) is 4.74 Å². The molecule has 0 radical (unpaired) electrons. The molecule has 0 aliphatic carbocycles. The van der Waals surface area contributed by atoms with Crippen molar-refractivity contribution in [2.45, 2.75) is 17.3 Å². The largest absolute Gasteiger partial charge is 0.506 e. The molecule has 19 heavy (non-hydrogen) atoms. The Morgan fingerprint density at radius 2 is 2.16 bits per heavy atom. The molecule has 1 N–H and O–H groups in total. The van der Waals surface area contributed by atoms with E-state index in [0.29, 0.717) is 0 Å². The predicted octanol–water partition coefficient (Wildman–Crippen LogP) is 3.05. The Labute approximate surface area is 110 Å². The molecule has 1 rings (SSSR count). The van der Waals surface area contributed by atoms with Gasteiger partial charge in [0.2, 0.25) is 0 Å². The number of carbonyl (C=O) groups excluding carboxylic acids is 1. The first kappa shape index (κ1) is 15.2. The molecule has 8 heteroatoms. The van der Waals surface area contributed by atoms with Gasteiger partial charge >= 0.3 is 11.5 Å². The zero-order valence-corrected chi connectivity index (χ0v) is 10.4. The smallest absolute Gasteiger partial charge is 0.446 e. The van der Waals surface area contributed by atoms with Crippen molar-refractivity contribution in [3.8, 4) is 11.8 Å². The van der Waals surface area contributed by atoms with E-state index in [0.717, 1.165) is 12.1 Å². The van der Waals surface area contributed by atoms with Crippen LogP contribution in [0.5, 0.6) is 5.75 Å². The molecule has 0 aromatic heterocycles. The highest BCUT2D eigenvalue weighted by molar-refractivity contribution is 8.00. The van der Waals surface area contributed by atoms with Crippen LogP contribution in [-0.4, -0.2) is 23.2 Å². The zero-order valence-electron chi connectivity index (χ0n) is 9.61. The van der Waals surface area contributed by atoms with Crippen molar-refractivity contribution in [2.24, 2.45) is 0 Å². The molecule has 102 valence electrons. The van der Waals surface area contributed by atoms with Crippen LogP contribution in [0.25, 0.3) is 0 Å². The number of phenolic OH excluding ortho intramolecular Hbond substituents is 1. The maximum absolute atomic E-state index is 12.3. The summed E-state index contributed by atoms with van der Waals surface area (Å²) in [5.41, 5.74) is -5.42.